The maximum atomic E-state index is 12.8. The molecule has 3 aromatic carbocycles. The van der Waals surface area contributed by atoms with E-state index >= 15 is 0 Å². The monoisotopic (exact) mass is 427 g/mol. The van der Waals surface area contributed by atoms with Gasteiger partial charge in [-0.15, -0.1) is 0 Å². The van der Waals surface area contributed by atoms with Gasteiger partial charge in [0.05, 0.1) is 12.0 Å². The Morgan fingerprint density at radius 2 is 1.56 bits per heavy atom. The molecule has 0 radical (unpaired) electrons. The molecular weight excluding hydrogens is 402 g/mol. The molecule has 0 saturated heterocycles. The van der Waals surface area contributed by atoms with Gasteiger partial charge in [-0.05, 0) is 35.7 Å². The number of carboxylic acids is 1. The molecule has 1 amide bonds. The number of amidine groups is 1. The largest absolute Gasteiger partial charge is 0.481 e. The maximum absolute atomic E-state index is 12.8. The van der Waals surface area contributed by atoms with E-state index in [1.807, 2.05) is 36.4 Å². The van der Waals surface area contributed by atoms with Crippen LogP contribution in [-0.4, -0.2) is 28.9 Å². The summed E-state index contributed by atoms with van der Waals surface area (Å²) in [7, 11) is 0. The number of hydrogen-bond donors (Lipinski definition) is 4. The average Bonchev–Trinajstić information content (AvgIpc) is 2.81. The van der Waals surface area contributed by atoms with E-state index in [2.05, 4.69) is 5.32 Å². The summed E-state index contributed by atoms with van der Waals surface area (Å²) >= 11 is 0. The van der Waals surface area contributed by atoms with Gasteiger partial charge in [-0.25, -0.2) is 0 Å². The van der Waals surface area contributed by atoms with Gasteiger partial charge in [0.1, 0.15) is 5.84 Å². The predicted octanol–water partition coefficient (Wildman–Crippen LogP) is 3.73. The molecule has 0 heterocycles. The fraction of sp³-hybridized carbons (Fsp3) is 0.115. The smallest absolute Gasteiger partial charge is 0.309 e. The van der Waals surface area contributed by atoms with E-state index in [4.69, 9.17) is 11.1 Å². The topological polar surface area (TPSA) is 116 Å². The van der Waals surface area contributed by atoms with E-state index in [-0.39, 0.29) is 18.2 Å². The molecule has 5 N–H and O–H groups in total. The van der Waals surface area contributed by atoms with Gasteiger partial charge in [0.2, 0.25) is 0 Å². The number of carbonyl (C=O) groups is 2. The van der Waals surface area contributed by atoms with Crippen LogP contribution in [0.15, 0.2) is 91.0 Å². The van der Waals surface area contributed by atoms with Crippen molar-refractivity contribution in [3.63, 3.8) is 0 Å². The van der Waals surface area contributed by atoms with Crippen LogP contribution >= 0.6 is 0 Å². The molecule has 0 fully saturated rings. The lowest BCUT2D eigenvalue weighted by Crippen LogP contribution is -2.43. The number of amides is 1. The number of nitrogens with one attached hydrogen (secondary N) is 2. The van der Waals surface area contributed by atoms with Crippen molar-refractivity contribution in [3.8, 4) is 0 Å². The number of hydrogen-bond acceptors (Lipinski definition) is 3. The fourth-order valence-corrected chi connectivity index (χ4v) is 3.37. The summed E-state index contributed by atoms with van der Waals surface area (Å²) in [6, 6.07) is 24.3. The number of rotatable bonds is 9. The minimum atomic E-state index is -1.03. The van der Waals surface area contributed by atoms with Gasteiger partial charge >= 0.3 is 5.97 Å². The second kappa shape index (κ2) is 10.7. The van der Waals surface area contributed by atoms with Crippen molar-refractivity contribution in [2.24, 2.45) is 11.7 Å². The molecule has 3 rings (SSSR count). The summed E-state index contributed by atoms with van der Waals surface area (Å²) in [5, 5.41) is 20.5. The third-order valence-corrected chi connectivity index (χ3v) is 5.07. The van der Waals surface area contributed by atoms with Crippen LogP contribution in [0.25, 0.3) is 6.08 Å². The molecule has 0 spiro atoms. The Kier molecular flexibility index (Phi) is 7.54. The van der Waals surface area contributed by atoms with Crippen LogP contribution in [0.5, 0.6) is 0 Å². The Balaban J connectivity index is 1.91. The predicted molar refractivity (Wildman–Crippen MR) is 125 cm³/mol. The highest BCUT2D eigenvalue weighted by Crippen LogP contribution is 2.18. The van der Waals surface area contributed by atoms with Crippen molar-refractivity contribution in [1.29, 1.82) is 5.41 Å². The molecule has 2 unspecified atom stereocenters. The van der Waals surface area contributed by atoms with Gasteiger partial charge in [-0.2, -0.15) is 0 Å². The summed E-state index contributed by atoms with van der Waals surface area (Å²) in [6.45, 7) is 0. The Hall–Kier alpha value is -4.19. The second-order valence-electron chi connectivity index (χ2n) is 7.40. The van der Waals surface area contributed by atoms with Crippen LogP contribution in [0.1, 0.15) is 27.0 Å². The van der Waals surface area contributed by atoms with Gasteiger partial charge in [0.15, 0.2) is 0 Å². The van der Waals surface area contributed by atoms with Crippen LogP contribution in [0.4, 0.5) is 0 Å². The van der Waals surface area contributed by atoms with Crippen molar-refractivity contribution in [2.45, 2.75) is 12.5 Å². The molecule has 162 valence electrons. The Labute approximate surface area is 186 Å². The third kappa shape index (κ3) is 6.15. The lowest BCUT2D eigenvalue weighted by Gasteiger charge is -2.23. The highest BCUT2D eigenvalue weighted by molar-refractivity contribution is 5.95. The second-order valence-corrected chi connectivity index (χ2v) is 7.40. The highest BCUT2D eigenvalue weighted by atomic mass is 16.4. The first-order chi connectivity index (χ1) is 15.4. The van der Waals surface area contributed by atoms with E-state index in [0.29, 0.717) is 11.1 Å². The SMILES string of the molecule is N=C(N)c1cccc(CC(C(=O)O)C(/C=C/c2ccccc2)NC(=O)c2ccccc2)c1. The number of nitrogen functional groups attached to an aromatic ring is 1. The van der Waals surface area contributed by atoms with E-state index in [0.717, 1.165) is 11.1 Å². The molecule has 3 aromatic rings. The fourth-order valence-electron chi connectivity index (χ4n) is 3.37. The Morgan fingerprint density at radius 1 is 0.938 bits per heavy atom. The first kappa shape index (κ1) is 22.5. The molecule has 6 nitrogen and oxygen atoms in total. The average molecular weight is 428 g/mol. The highest BCUT2D eigenvalue weighted by Gasteiger charge is 2.28. The zero-order valence-corrected chi connectivity index (χ0v) is 17.4. The third-order valence-electron chi connectivity index (χ3n) is 5.07. The number of carboxylic acid groups (broad SMARTS) is 1. The van der Waals surface area contributed by atoms with Gasteiger partial charge in [0.25, 0.3) is 5.91 Å². The van der Waals surface area contributed by atoms with Crippen LogP contribution < -0.4 is 11.1 Å². The minimum absolute atomic E-state index is 0.0865. The lowest BCUT2D eigenvalue weighted by atomic mass is 9.90. The van der Waals surface area contributed by atoms with Gasteiger partial charge in [-0.1, -0.05) is 78.9 Å². The maximum Gasteiger partial charge on any atom is 0.309 e. The number of carbonyl (C=O) groups excluding carboxylic acids is 1. The van der Waals surface area contributed by atoms with Crippen LogP contribution in [0, 0.1) is 11.3 Å². The molecule has 0 aliphatic heterocycles. The van der Waals surface area contributed by atoms with E-state index in [1.165, 1.54) is 0 Å². The molecule has 0 aromatic heterocycles. The quantitative estimate of drug-likeness (QED) is 0.308. The van der Waals surface area contributed by atoms with Crippen LogP contribution in [-0.2, 0) is 11.2 Å². The van der Waals surface area contributed by atoms with Crippen molar-refractivity contribution >= 4 is 23.8 Å². The molecule has 6 heteroatoms. The van der Waals surface area contributed by atoms with Crippen molar-refractivity contribution in [2.75, 3.05) is 0 Å². The van der Waals surface area contributed by atoms with Crippen molar-refractivity contribution < 1.29 is 14.7 Å². The summed E-state index contributed by atoms with van der Waals surface area (Å²) in [5.74, 6) is -2.40. The van der Waals surface area contributed by atoms with Crippen molar-refractivity contribution in [3.05, 3.63) is 113 Å². The zero-order valence-electron chi connectivity index (χ0n) is 17.4. The normalized spacial score (nSPS) is 12.8. The Bertz CT molecular complexity index is 1110. The molecule has 0 aliphatic carbocycles. The van der Waals surface area contributed by atoms with E-state index in [9.17, 15) is 14.7 Å². The number of nitrogens with two attached hydrogens (primary N) is 1. The Morgan fingerprint density at radius 3 is 2.19 bits per heavy atom. The number of benzene rings is 3. The molecular formula is C26H25N3O3. The first-order valence-corrected chi connectivity index (χ1v) is 10.2. The zero-order chi connectivity index (χ0) is 22.9. The first-order valence-electron chi connectivity index (χ1n) is 10.2. The van der Waals surface area contributed by atoms with Gasteiger partial charge in [-0.3, -0.25) is 15.0 Å². The van der Waals surface area contributed by atoms with E-state index in [1.54, 1.807) is 60.7 Å². The molecule has 0 bridgehead atoms. The van der Waals surface area contributed by atoms with E-state index < -0.39 is 17.9 Å². The summed E-state index contributed by atoms with van der Waals surface area (Å²) < 4.78 is 0. The molecule has 0 saturated carbocycles. The summed E-state index contributed by atoms with van der Waals surface area (Å²) in [5.41, 5.74) is 8.17. The molecule has 2 atom stereocenters. The van der Waals surface area contributed by atoms with Crippen LogP contribution in [0.3, 0.4) is 0 Å². The van der Waals surface area contributed by atoms with Crippen LogP contribution in [0.2, 0.25) is 0 Å². The summed E-state index contributed by atoms with van der Waals surface area (Å²) in [4.78, 5) is 25.0. The minimum Gasteiger partial charge on any atom is -0.481 e. The number of aliphatic carboxylic acids is 1. The molecule has 32 heavy (non-hydrogen) atoms. The van der Waals surface area contributed by atoms with Gasteiger partial charge in [0, 0.05) is 11.1 Å². The van der Waals surface area contributed by atoms with Gasteiger partial charge < -0.3 is 16.2 Å². The standard InChI is InChI=1S/C26H25N3O3/c27-24(28)21-13-7-10-19(16-21)17-22(26(31)32)23(15-14-18-8-3-1-4-9-18)29-25(30)20-11-5-2-6-12-20/h1-16,22-23H,17H2,(H3,27,28)(H,29,30)(H,31,32)/b15-14+. The lowest BCUT2D eigenvalue weighted by molar-refractivity contribution is -0.142. The molecule has 0 aliphatic rings. The summed E-state index contributed by atoms with van der Waals surface area (Å²) in [6.07, 6.45) is 3.68. The van der Waals surface area contributed by atoms with Crippen molar-refractivity contribution in [1.82, 2.24) is 5.32 Å².